The molecule has 108 valence electrons. The summed E-state index contributed by atoms with van der Waals surface area (Å²) in [6, 6.07) is 6.62. The number of methoxy groups -OCH3 is 1. The van der Waals surface area contributed by atoms with Crippen LogP contribution in [0.15, 0.2) is 29.2 Å². The molecular weight excluding hydrogens is 266 g/mol. The standard InChI is InChI=1S/C13H21NO4S/c1-11-3-5-13(6-4-11)19(16,17)10-12(15)9-14-7-8-18-2/h3-6,12,14-15H,7-10H2,1-2H3. The summed E-state index contributed by atoms with van der Waals surface area (Å²) in [6.45, 7) is 3.23. The Hall–Kier alpha value is -0.950. The van der Waals surface area contributed by atoms with E-state index in [-0.39, 0.29) is 17.2 Å². The number of hydrogen-bond donors (Lipinski definition) is 2. The van der Waals surface area contributed by atoms with Crippen LogP contribution in [-0.4, -0.2) is 52.2 Å². The summed E-state index contributed by atoms with van der Waals surface area (Å²) in [4.78, 5) is 0.244. The SMILES string of the molecule is COCCNCC(O)CS(=O)(=O)c1ccc(C)cc1. The van der Waals surface area contributed by atoms with E-state index >= 15 is 0 Å². The number of hydrogen-bond acceptors (Lipinski definition) is 5. The molecule has 0 radical (unpaired) electrons. The molecule has 1 atom stereocenters. The largest absolute Gasteiger partial charge is 0.391 e. The number of aliphatic hydroxyl groups excluding tert-OH is 1. The van der Waals surface area contributed by atoms with Gasteiger partial charge in [0.15, 0.2) is 9.84 Å². The van der Waals surface area contributed by atoms with Crippen molar-refractivity contribution in [1.29, 1.82) is 0 Å². The van der Waals surface area contributed by atoms with Gasteiger partial charge in [-0.05, 0) is 19.1 Å². The minimum absolute atomic E-state index is 0.231. The van der Waals surface area contributed by atoms with E-state index in [1.54, 1.807) is 31.4 Å². The number of aryl methyl sites for hydroxylation is 1. The second kappa shape index (κ2) is 7.59. The summed E-state index contributed by atoms with van der Waals surface area (Å²) >= 11 is 0. The minimum atomic E-state index is -3.44. The van der Waals surface area contributed by atoms with Crippen molar-refractivity contribution in [2.75, 3.05) is 32.6 Å². The fourth-order valence-electron chi connectivity index (χ4n) is 1.60. The third kappa shape index (κ3) is 5.69. The zero-order valence-corrected chi connectivity index (χ0v) is 12.1. The lowest BCUT2D eigenvalue weighted by Crippen LogP contribution is -2.34. The quantitative estimate of drug-likeness (QED) is 0.676. The van der Waals surface area contributed by atoms with Crippen LogP contribution in [0.25, 0.3) is 0 Å². The van der Waals surface area contributed by atoms with Crippen LogP contribution in [0.4, 0.5) is 0 Å². The summed E-state index contributed by atoms with van der Waals surface area (Å²) in [5, 5.41) is 12.6. The molecule has 19 heavy (non-hydrogen) atoms. The van der Waals surface area contributed by atoms with Gasteiger partial charge in [-0.1, -0.05) is 17.7 Å². The molecule has 0 bridgehead atoms. The van der Waals surface area contributed by atoms with Crippen LogP contribution in [0.3, 0.4) is 0 Å². The van der Waals surface area contributed by atoms with E-state index < -0.39 is 15.9 Å². The molecule has 0 heterocycles. The molecule has 1 rings (SSSR count). The van der Waals surface area contributed by atoms with E-state index in [4.69, 9.17) is 4.74 Å². The summed E-state index contributed by atoms with van der Waals surface area (Å²) < 4.78 is 28.9. The predicted octanol–water partition coefficient (Wildman–Crippen LogP) is 0.366. The molecular formula is C13H21NO4S. The number of sulfone groups is 1. The zero-order chi connectivity index (χ0) is 14.3. The third-order valence-corrected chi connectivity index (χ3v) is 4.47. The topological polar surface area (TPSA) is 75.6 Å². The van der Waals surface area contributed by atoms with Crippen LogP contribution in [-0.2, 0) is 14.6 Å². The van der Waals surface area contributed by atoms with Crippen molar-refractivity contribution in [3.8, 4) is 0 Å². The molecule has 0 saturated heterocycles. The van der Waals surface area contributed by atoms with Crippen LogP contribution in [0, 0.1) is 6.92 Å². The fraction of sp³-hybridized carbons (Fsp3) is 0.538. The lowest BCUT2D eigenvalue weighted by Gasteiger charge is -2.12. The number of nitrogens with one attached hydrogen (secondary N) is 1. The molecule has 0 aliphatic carbocycles. The highest BCUT2D eigenvalue weighted by molar-refractivity contribution is 7.91. The van der Waals surface area contributed by atoms with Gasteiger partial charge in [0.25, 0.3) is 0 Å². The van der Waals surface area contributed by atoms with Gasteiger partial charge in [0.05, 0.1) is 23.4 Å². The van der Waals surface area contributed by atoms with Crippen molar-refractivity contribution in [2.24, 2.45) is 0 Å². The highest BCUT2D eigenvalue weighted by Gasteiger charge is 2.19. The first-order chi connectivity index (χ1) is 8.95. The average Bonchev–Trinajstić information content (AvgIpc) is 2.34. The number of aliphatic hydroxyl groups is 1. The molecule has 2 N–H and O–H groups in total. The first kappa shape index (κ1) is 16.1. The van der Waals surface area contributed by atoms with Gasteiger partial charge in [-0.25, -0.2) is 8.42 Å². The van der Waals surface area contributed by atoms with Crippen LogP contribution < -0.4 is 5.32 Å². The molecule has 6 heteroatoms. The molecule has 0 saturated carbocycles. The summed E-state index contributed by atoms with van der Waals surface area (Å²) in [5.41, 5.74) is 1.00. The normalized spacial score (nSPS) is 13.4. The maximum atomic E-state index is 12.0. The van der Waals surface area contributed by atoms with Gasteiger partial charge in [-0.15, -0.1) is 0 Å². The fourth-order valence-corrected chi connectivity index (χ4v) is 2.96. The summed E-state index contributed by atoms with van der Waals surface area (Å²) in [5.74, 6) is -0.282. The molecule has 5 nitrogen and oxygen atoms in total. The number of ether oxygens (including phenoxy) is 1. The third-order valence-electron chi connectivity index (χ3n) is 2.65. The second-order valence-electron chi connectivity index (χ2n) is 4.45. The van der Waals surface area contributed by atoms with Crippen LogP contribution in [0.5, 0.6) is 0 Å². The molecule has 0 aromatic heterocycles. The number of benzene rings is 1. The zero-order valence-electron chi connectivity index (χ0n) is 11.3. The Morgan fingerprint density at radius 3 is 2.53 bits per heavy atom. The van der Waals surface area contributed by atoms with Gasteiger partial charge >= 0.3 is 0 Å². The lowest BCUT2D eigenvalue weighted by atomic mass is 10.2. The maximum absolute atomic E-state index is 12.0. The van der Waals surface area contributed by atoms with Crippen LogP contribution >= 0.6 is 0 Å². The Kier molecular flexibility index (Phi) is 6.44. The summed E-state index contributed by atoms with van der Waals surface area (Å²) in [7, 11) is -1.86. The molecule has 1 aromatic carbocycles. The Morgan fingerprint density at radius 2 is 1.95 bits per heavy atom. The van der Waals surface area contributed by atoms with Gasteiger partial charge in [0.1, 0.15) is 0 Å². The molecule has 0 amide bonds. The molecule has 0 fully saturated rings. The smallest absolute Gasteiger partial charge is 0.180 e. The predicted molar refractivity (Wildman–Crippen MR) is 74.0 cm³/mol. The molecule has 0 aliphatic rings. The van der Waals surface area contributed by atoms with E-state index in [0.717, 1.165) is 5.56 Å². The van der Waals surface area contributed by atoms with Crippen LogP contribution in [0.1, 0.15) is 5.56 Å². The van der Waals surface area contributed by atoms with E-state index in [1.165, 1.54) is 0 Å². The monoisotopic (exact) mass is 287 g/mol. The highest BCUT2D eigenvalue weighted by Crippen LogP contribution is 2.12. The number of rotatable bonds is 8. The molecule has 0 spiro atoms. The van der Waals surface area contributed by atoms with E-state index in [0.29, 0.717) is 13.2 Å². The van der Waals surface area contributed by atoms with Crippen LogP contribution in [0.2, 0.25) is 0 Å². The molecule has 1 aromatic rings. The van der Waals surface area contributed by atoms with Gasteiger partial charge in [-0.3, -0.25) is 0 Å². The Labute approximate surface area is 114 Å². The van der Waals surface area contributed by atoms with Crippen molar-refractivity contribution in [3.05, 3.63) is 29.8 Å². The van der Waals surface area contributed by atoms with Crippen molar-refractivity contribution in [2.45, 2.75) is 17.9 Å². The first-order valence-corrected chi connectivity index (χ1v) is 7.78. The maximum Gasteiger partial charge on any atom is 0.180 e. The molecule has 0 aliphatic heterocycles. The van der Waals surface area contributed by atoms with Crippen molar-refractivity contribution in [3.63, 3.8) is 0 Å². The van der Waals surface area contributed by atoms with E-state index in [9.17, 15) is 13.5 Å². The van der Waals surface area contributed by atoms with Gasteiger partial charge < -0.3 is 15.2 Å². The van der Waals surface area contributed by atoms with Crippen molar-refractivity contribution >= 4 is 9.84 Å². The average molecular weight is 287 g/mol. The van der Waals surface area contributed by atoms with Crippen molar-refractivity contribution < 1.29 is 18.3 Å². The first-order valence-electron chi connectivity index (χ1n) is 6.13. The lowest BCUT2D eigenvalue weighted by molar-refractivity contribution is 0.174. The van der Waals surface area contributed by atoms with Gasteiger partial charge in [0, 0.05) is 20.2 Å². The van der Waals surface area contributed by atoms with E-state index in [1.807, 2.05) is 6.92 Å². The molecule has 1 unspecified atom stereocenters. The summed E-state index contributed by atoms with van der Waals surface area (Å²) in [6.07, 6.45) is -0.928. The minimum Gasteiger partial charge on any atom is -0.391 e. The Balaban J connectivity index is 2.52. The Morgan fingerprint density at radius 1 is 1.32 bits per heavy atom. The second-order valence-corrected chi connectivity index (χ2v) is 6.48. The van der Waals surface area contributed by atoms with Gasteiger partial charge in [0.2, 0.25) is 0 Å². The Bertz CT molecular complexity index is 470. The highest BCUT2D eigenvalue weighted by atomic mass is 32.2. The van der Waals surface area contributed by atoms with E-state index in [2.05, 4.69) is 5.32 Å². The van der Waals surface area contributed by atoms with Gasteiger partial charge in [-0.2, -0.15) is 0 Å². The van der Waals surface area contributed by atoms with Crippen molar-refractivity contribution in [1.82, 2.24) is 5.32 Å².